The Labute approximate surface area is 213 Å². The van der Waals surface area contributed by atoms with Crippen LogP contribution in [0, 0.1) is 24.1 Å². The van der Waals surface area contributed by atoms with Gasteiger partial charge in [0.2, 0.25) is 0 Å². The summed E-state index contributed by atoms with van der Waals surface area (Å²) in [7, 11) is 0. The van der Waals surface area contributed by atoms with Gasteiger partial charge in [0.25, 0.3) is 0 Å². The average Bonchev–Trinajstić information content (AvgIpc) is 3.50. The molecule has 5 rings (SSSR count). The maximum atomic E-state index is 15.2. The molecule has 1 aliphatic heterocycles. The molecule has 0 atom stereocenters. The molecule has 0 radical (unpaired) electrons. The van der Waals surface area contributed by atoms with Crippen molar-refractivity contribution in [2.75, 3.05) is 42.9 Å². The van der Waals surface area contributed by atoms with Crippen molar-refractivity contribution in [1.82, 2.24) is 30.0 Å². The largest absolute Gasteiger partial charge is 0.421 e. The van der Waals surface area contributed by atoms with Crippen molar-refractivity contribution in [3.63, 3.8) is 0 Å². The van der Waals surface area contributed by atoms with Gasteiger partial charge in [-0.15, -0.1) is 0 Å². The molecule has 0 saturated carbocycles. The normalized spacial score (nSPS) is 14.4. The number of hydrogen-bond donors (Lipinski definition) is 3. The van der Waals surface area contributed by atoms with Gasteiger partial charge in [0.1, 0.15) is 11.6 Å². The van der Waals surface area contributed by atoms with Gasteiger partial charge < -0.3 is 19.9 Å². The Morgan fingerprint density at radius 1 is 1.16 bits per heavy atom. The first-order valence-electron chi connectivity index (χ1n) is 12.2. The first-order chi connectivity index (χ1) is 18.0. The number of aryl methyl sites for hydroxylation is 1. The number of ether oxygens (including phenoxy) is 1. The number of anilines is 3. The van der Waals surface area contributed by atoms with Crippen LogP contribution < -0.4 is 15.0 Å². The van der Waals surface area contributed by atoms with Gasteiger partial charge >= 0.3 is 6.01 Å². The molecule has 0 bridgehead atoms. The summed E-state index contributed by atoms with van der Waals surface area (Å²) in [6.45, 7) is 7.66. The molecule has 1 aliphatic rings. The fraction of sp³-hybridized carbons (Fsp3) is 0.308. The van der Waals surface area contributed by atoms with Crippen LogP contribution in [-0.4, -0.2) is 62.8 Å². The Morgan fingerprint density at radius 3 is 2.78 bits per heavy atom. The summed E-state index contributed by atoms with van der Waals surface area (Å²) in [5.74, 6) is 1.30. The number of halogens is 1. The van der Waals surface area contributed by atoms with Crippen molar-refractivity contribution in [3.05, 3.63) is 53.6 Å². The quantitative estimate of drug-likeness (QED) is 0.317. The van der Waals surface area contributed by atoms with E-state index in [1.54, 1.807) is 18.2 Å². The molecule has 10 nitrogen and oxygen atoms in total. The first kappa shape index (κ1) is 24.3. The van der Waals surface area contributed by atoms with E-state index in [9.17, 15) is 0 Å². The SMILES string of the molecule is C/C=C/c1cc(Nc2cc(N3CCN(CCC#N)CC3)nc(Oc3ccc4[nH]c(C)cc4c3F)n2)n[nH]1. The molecule has 1 aromatic carbocycles. The number of nitriles is 1. The lowest BCUT2D eigenvalue weighted by Gasteiger charge is -2.35. The van der Waals surface area contributed by atoms with E-state index in [4.69, 9.17) is 10.00 Å². The van der Waals surface area contributed by atoms with Gasteiger partial charge in [0.05, 0.1) is 11.8 Å². The zero-order valence-electron chi connectivity index (χ0n) is 20.8. The van der Waals surface area contributed by atoms with E-state index < -0.39 is 5.82 Å². The van der Waals surface area contributed by atoms with Crippen molar-refractivity contribution in [3.8, 4) is 17.8 Å². The molecule has 0 amide bonds. The monoisotopic (exact) mass is 501 g/mol. The van der Waals surface area contributed by atoms with Crippen molar-refractivity contribution < 1.29 is 9.13 Å². The average molecular weight is 502 g/mol. The Kier molecular flexibility index (Phi) is 7.00. The van der Waals surface area contributed by atoms with E-state index in [0.29, 0.717) is 34.8 Å². The zero-order chi connectivity index (χ0) is 25.8. The van der Waals surface area contributed by atoms with Crippen LogP contribution in [0.15, 0.2) is 36.4 Å². The lowest BCUT2D eigenvalue weighted by molar-refractivity contribution is 0.262. The number of aromatic nitrogens is 5. The summed E-state index contributed by atoms with van der Waals surface area (Å²) in [4.78, 5) is 16.6. The van der Waals surface area contributed by atoms with Gasteiger partial charge in [0.15, 0.2) is 17.4 Å². The third-order valence-corrected chi connectivity index (χ3v) is 6.17. The molecule has 11 heteroatoms. The van der Waals surface area contributed by atoms with Crippen LogP contribution in [-0.2, 0) is 0 Å². The number of fused-ring (bicyclic) bond motifs is 1. The number of allylic oxidation sites excluding steroid dienone is 1. The lowest BCUT2D eigenvalue weighted by atomic mass is 10.2. The highest BCUT2D eigenvalue weighted by atomic mass is 19.1. The predicted octanol–water partition coefficient (Wildman–Crippen LogP) is 4.73. The van der Waals surface area contributed by atoms with E-state index in [-0.39, 0.29) is 11.8 Å². The first-order valence-corrected chi connectivity index (χ1v) is 12.2. The minimum atomic E-state index is -0.472. The van der Waals surface area contributed by atoms with Crippen molar-refractivity contribution in [2.24, 2.45) is 0 Å². The van der Waals surface area contributed by atoms with E-state index in [2.05, 4.69) is 46.3 Å². The lowest BCUT2D eigenvalue weighted by Crippen LogP contribution is -2.46. The molecule has 3 aromatic heterocycles. The van der Waals surface area contributed by atoms with Crippen molar-refractivity contribution >= 4 is 34.4 Å². The van der Waals surface area contributed by atoms with Crippen LogP contribution in [0.3, 0.4) is 0 Å². The molecule has 3 N–H and O–H groups in total. The molecular weight excluding hydrogens is 473 g/mol. The summed E-state index contributed by atoms with van der Waals surface area (Å²) in [6.07, 6.45) is 4.33. The highest BCUT2D eigenvalue weighted by Gasteiger charge is 2.21. The molecule has 0 unspecified atom stereocenters. The summed E-state index contributed by atoms with van der Waals surface area (Å²) in [5.41, 5.74) is 2.41. The minimum absolute atomic E-state index is 0.0293. The van der Waals surface area contributed by atoms with Crippen LogP contribution in [0.4, 0.5) is 21.8 Å². The van der Waals surface area contributed by atoms with Crippen molar-refractivity contribution in [1.29, 1.82) is 5.26 Å². The van der Waals surface area contributed by atoms with Crippen LogP contribution in [0.1, 0.15) is 24.7 Å². The highest BCUT2D eigenvalue weighted by Crippen LogP contribution is 2.31. The van der Waals surface area contributed by atoms with Crippen LogP contribution in [0.5, 0.6) is 11.8 Å². The Hall–Kier alpha value is -4.43. The third kappa shape index (κ3) is 5.54. The molecule has 190 valence electrons. The van der Waals surface area contributed by atoms with Gasteiger partial charge in [0, 0.05) is 67.9 Å². The summed E-state index contributed by atoms with van der Waals surface area (Å²) >= 11 is 0. The maximum absolute atomic E-state index is 15.2. The van der Waals surface area contributed by atoms with E-state index in [1.165, 1.54) is 0 Å². The third-order valence-electron chi connectivity index (χ3n) is 6.17. The molecule has 4 aromatic rings. The standard InChI is InChI=1S/C26H28FN9O/c1-3-5-18-15-23(34-33-18)30-22-16-24(36-12-10-35(11-13-36)9-4-8-28)32-26(31-22)37-21-7-6-20-19(25(21)27)14-17(2)29-20/h3,5-7,14-16,29H,4,9-13H2,1-2H3,(H2,30,31,32,33,34)/b5-3+. The predicted molar refractivity (Wildman–Crippen MR) is 141 cm³/mol. The molecule has 4 heterocycles. The van der Waals surface area contributed by atoms with Gasteiger partial charge in [-0.2, -0.15) is 20.3 Å². The summed E-state index contributed by atoms with van der Waals surface area (Å²) in [6, 6.07) is 11.0. The van der Waals surface area contributed by atoms with Gasteiger partial charge in [-0.25, -0.2) is 4.39 Å². The number of nitrogens with one attached hydrogen (secondary N) is 3. The van der Waals surface area contributed by atoms with Gasteiger partial charge in [-0.1, -0.05) is 6.08 Å². The fourth-order valence-corrected chi connectivity index (χ4v) is 4.36. The second-order valence-electron chi connectivity index (χ2n) is 8.86. The second-order valence-corrected chi connectivity index (χ2v) is 8.86. The van der Waals surface area contributed by atoms with Crippen LogP contribution in [0.25, 0.3) is 17.0 Å². The molecule has 37 heavy (non-hydrogen) atoms. The fourth-order valence-electron chi connectivity index (χ4n) is 4.36. The van der Waals surface area contributed by atoms with Gasteiger partial charge in [-0.3, -0.25) is 10.00 Å². The zero-order valence-corrected chi connectivity index (χ0v) is 20.8. The van der Waals surface area contributed by atoms with E-state index >= 15 is 4.39 Å². The highest BCUT2D eigenvalue weighted by molar-refractivity contribution is 5.82. The number of H-pyrrole nitrogens is 2. The number of hydrogen-bond acceptors (Lipinski definition) is 8. The second kappa shape index (κ2) is 10.7. The maximum Gasteiger partial charge on any atom is 0.326 e. The number of benzene rings is 1. The molecular formula is C26H28FN9O. The van der Waals surface area contributed by atoms with Crippen molar-refractivity contribution in [2.45, 2.75) is 20.3 Å². The topological polar surface area (TPSA) is 122 Å². The summed E-state index contributed by atoms with van der Waals surface area (Å²) in [5, 5.41) is 19.7. The van der Waals surface area contributed by atoms with E-state index in [1.807, 2.05) is 38.1 Å². The Morgan fingerprint density at radius 2 is 2.00 bits per heavy atom. The number of rotatable bonds is 8. The Balaban J connectivity index is 1.43. The molecule has 0 spiro atoms. The Bertz CT molecular complexity index is 1460. The number of piperazine rings is 1. The summed E-state index contributed by atoms with van der Waals surface area (Å²) < 4.78 is 21.1. The van der Waals surface area contributed by atoms with Crippen LogP contribution in [0.2, 0.25) is 0 Å². The molecule has 1 saturated heterocycles. The van der Waals surface area contributed by atoms with Gasteiger partial charge in [-0.05, 0) is 38.1 Å². The van der Waals surface area contributed by atoms with Crippen LogP contribution >= 0.6 is 0 Å². The molecule has 0 aliphatic carbocycles. The smallest absolute Gasteiger partial charge is 0.326 e. The molecule has 1 fully saturated rings. The number of nitrogens with zero attached hydrogens (tertiary/aromatic N) is 6. The number of aromatic amines is 2. The minimum Gasteiger partial charge on any atom is -0.421 e. The van der Waals surface area contributed by atoms with E-state index in [0.717, 1.165) is 44.1 Å².